The van der Waals surface area contributed by atoms with Gasteiger partial charge in [-0.25, -0.2) is 4.79 Å². The average molecular weight is 347 g/mol. The van der Waals surface area contributed by atoms with Crippen LogP contribution in [0.1, 0.15) is 21.5 Å². The number of carbonyl (C=O) groups excluding carboxylic acids is 1. The minimum atomic E-state index is -0.629. The molecule has 0 fully saturated rings. The van der Waals surface area contributed by atoms with E-state index in [2.05, 4.69) is 0 Å². The molecule has 0 N–H and O–H groups in total. The average Bonchev–Trinajstić information content (AvgIpc) is 2.63. The monoisotopic (exact) mass is 347 g/mol. The highest BCUT2D eigenvalue weighted by molar-refractivity contribution is 5.92. The Balaban J connectivity index is 1.77. The normalized spacial score (nSPS) is 10.4. The number of rotatable bonds is 4. The molecule has 3 aromatic rings. The highest BCUT2D eigenvalue weighted by Crippen LogP contribution is 2.24. The van der Waals surface area contributed by atoms with Gasteiger partial charge in [-0.3, -0.25) is 10.1 Å². The SMILES string of the molecule is Cc1ccc(-c2ccc(OC(=O)c3ccc(C)c([N+](=O)[O-])c3)cc2)cc1. The van der Waals surface area contributed by atoms with Crippen LogP contribution in [0, 0.1) is 24.0 Å². The van der Waals surface area contributed by atoms with Gasteiger partial charge in [0, 0.05) is 11.6 Å². The molecule has 0 saturated heterocycles. The van der Waals surface area contributed by atoms with Crippen LogP contribution in [-0.4, -0.2) is 10.9 Å². The van der Waals surface area contributed by atoms with Crippen LogP contribution in [0.4, 0.5) is 5.69 Å². The Morgan fingerprint density at radius 1 is 0.885 bits per heavy atom. The van der Waals surface area contributed by atoms with E-state index in [4.69, 9.17) is 4.74 Å². The minimum absolute atomic E-state index is 0.103. The zero-order chi connectivity index (χ0) is 18.7. The van der Waals surface area contributed by atoms with Gasteiger partial charge in [-0.2, -0.15) is 0 Å². The first kappa shape index (κ1) is 17.4. The second-order valence-electron chi connectivity index (χ2n) is 6.04. The molecule has 0 heterocycles. The molecule has 3 aromatic carbocycles. The first-order chi connectivity index (χ1) is 12.4. The largest absolute Gasteiger partial charge is 0.423 e. The maximum absolute atomic E-state index is 12.2. The maximum Gasteiger partial charge on any atom is 0.343 e. The summed E-state index contributed by atoms with van der Waals surface area (Å²) in [4.78, 5) is 22.7. The number of esters is 1. The third kappa shape index (κ3) is 3.78. The molecular formula is C21H17NO4. The van der Waals surface area contributed by atoms with Gasteiger partial charge in [-0.05, 0) is 43.2 Å². The molecule has 5 nitrogen and oxygen atoms in total. The Bertz CT molecular complexity index is 960. The van der Waals surface area contributed by atoms with Crippen molar-refractivity contribution in [1.29, 1.82) is 0 Å². The van der Waals surface area contributed by atoms with E-state index in [1.165, 1.54) is 23.8 Å². The number of hydrogen-bond acceptors (Lipinski definition) is 4. The number of nitrogens with zero attached hydrogens (tertiary/aromatic N) is 1. The van der Waals surface area contributed by atoms with Gasteiger partial charge in [0.2, 0.25) is 0 Å². The van der Waals surface area contributed by atoms with Gasteiger partial charge in [-0.15, -0.1) is 0 Å². The van der Waals surface area contributed by atoms with Crippen molar-refractivity contribution in [1.82, 2.24) is 0 Å². The summed E-state index contributed by atoms with van der Waals surface area (Å²) in [5.74, 6) is -0.245. The number of nitro groups is 1. The van der Waals surface area contributed by atoms with Crippen LogP contribution < -0.4 is 4.74 Å². The van der Waals surface area contributed by atoms with E-state index in [1.807, 2.05) is 43.3 Å². The third-order valence-corrected chi connectivity index (χ3v) is 4.09. The van der Waals surface area contributed by atoms with Crippen molar-refractivity contribution in [3.05, 3.63) is 93.5 Å². The first-order valence-corrected chi connectivity index (χ1v) is 8.08. The number of nitro benzene ring substituents is 1. The van der Waals surface area contributed by atoms with Gasteiger partial charge >= 0.3 is 5.97 Å². The van der Waals surface area contributed by atoms with Crippen molar-refractivity contribution >= 4 is 11.7 Å². The summed E-state index contributed by atoms with van der Waals surface area (Å²) in [7, 11) is 0. The second-order valence-corrected chi connectivity index (χ2v) is 6.04. The highest BCUT2D eigenvalue weighted by atomic mass is 16.6. The summed E-state index contributed by atoms with van der Waals surface area (Å²) >= 11 is 0. The standard InChI is InChI=1S/C21H17NO4/c1-14-3-6-16(7-4-14)17-9-11-19(12-10-17)26-21(23)18-8-5-15(2)20(13-18)22(24)25/h3-13H,1-2H3. The fraction of sp³-hybridized carbons (Fsp3) is 0.0952. The Kier molecular flexibility index (Phi) is 4.80. The smallest absolute Gasteiger partial charge is 0.343 e. The molecule has 0 saturated carbocycles. The van der Waals surface area contributed by atoms with E-state index in [9.17, 15) is 14.9 Å². The lowest BCUT2D eigenvalue weighted by Crippen LogP contribution is -2.09. The number of hydrogen-bond donors (Lipinski definition) is 0. The van der Waals surface area contributed by atoms with Crippen molar-refractivity contribution in [2.24, 2.45) is 0 Å². The summed E-state index contributed by atoms with van der Waals surface area (Å²) < 4.78 is 5.32. The molecule has 0 atom stereocenters. The van der Waals surface area contributed by atoms with E-state index in [1.54, 1.807) is 19.1 Å². The lowest BCUT2D eigenvalue weighted by Gasteiger charge is -2.07. The number of carbonyl (C=O) groups is 1. The lowest BCUT2D eigenvalue weighted by molar-refractivity contribution is -0.385. The van der Waals surface area contributed by atoms with Crippen LogP contribution in [0.25, 0.3) is 11.1 Å². The van der Waals surface area contributed by atoms with Gasteiger partial charge in [0.15, 0.2) is 0 Å². The fourth-order valence-electron chi connectivity index (χ4n) is 2.56. The Morgan fingerprint density at radius 3 is 2.04 bits per heavy atom. The molecule has 26 heavy (non-hydrogen) atoms. The van der Waals surface area contributed by atoms with Gasteiger partial charge in [0.05, 0.1) is 10.5 Å². The molecule has 5 heteroatoms. The molecule has 0 aromatic heterocycles. The summed E-state index contributed by atoms with van der Waals surface area (Å²) in [5.41, 5.74) is 3.80. The van der Waals surface area contributed by atoms with E-state index in [0.29, 0.717) is 11.3 Å². The summed E-state index contributed by atoms with van der Waals surface area (Å²) in [6, 6.07) is 19.6. The lowest BCUT2D eigenvalue weighted by atomic mass is 10.0. The van der Waals surface area contributed by atoms with Crippen LogP contribution >= 0.6 is 0 Å². The number of aryl methyl sites for hydroxylation is 2. The fourth-order valence-corrected chi connectivity index (χ4v) is 2.56. The van der Waals surface area contributed by atoms with E-state index in [0.717, 1.165) is 11.1 Å². The minimum Gasteiger partial charge on any atom is -0.423 e. The molecular weight excluding hydrogens is 330 g/mol. The Hall–Kier alpha value is -3.47. The molecule has 0 bridgehead atoms. The molecule has 0 aliphatic carbocycles. The van der Waals surface area contributed by atoms with Crippen LogP contribution in [0.2, 0.25) is 0 Å². The summed E-state index contributed by atoms with van der Waals surface area (Å²) in [6.45, 7) is 3.65. The van der Waals surface area contributed by atoms with Gasteiger partial charge in [-0.1, -0.05) is 48.0 Å². The third-order valence-electron chi connectivity index (χ3n) is 4.09. The molecule has 0 aliphatic heterocycles. The van der Waals surface area contributed by atoms with Gasteiger partial charge in [0.1, 0.15) is 5.75 Å². The van der Waals surface area contributed by atoms with Gasteiger partial charge in [0.25, 0.3) is 5.69 Å². The Labute approximate surface area is 151 Å². The summed E-state index contributed by atoms with van der Waals surface area (Å²) in [6.07, 6.45) is 0. The molecule has 0 aliphatic rings. The van der Waals surface area contributed by atoms with Crippen LogP contribution in [0.15, 0.2) is 66.7 Å². The predicted octanol–water partition coefficient (Wildman–Crippen LogP) is 5.10. The molecule has 0 spiro atoms. The van der Waals surface area contributed by atoms with Crippen molar-refractivity contribution in [3.8, 4) is 16.9 Å². The maximum atomic E-state index is 12.2. The van der Waals surface area contributed by atoms with Crippen molar-refractivity contribution in [3.63, 3.8) is 0 Å². The van der Waals surface area contributed by atoms with Crippen molar-refractivity contribution in [2.75, 3.05) is 0 Å². The van der Waals surface area contributed by atoms with Crippen LogP contribution in [-0.2, 0) is 0 Å². The van der Waals surface area contributed by atoms with Crippen LogP contribution in [0.3, 0.4) is 0 Å². The molecule has 0 radical (unpaired) electrons. The molecule has 0 unspecified atom stereocenters. The summed E-state index contributed by atoms with van der Waals surface area (Å²) in [5, 5.41) is 11.0. The number of ether oxygens (including phenoxy) is 1. The van der Waals surface area contributed by atoms with Crippen molar-refractivity contribution < 1.29 is 14.5 Å². The Morgan fingerprint density at radius 2 is 1.46 bits per heavy atom. The molecule has 0 amide bonds. The highest BCUT2D eigenvalue weighted by Gasteiger charge is 2.16. The van der Waals surface area contributed by atoms with E-state index >= 15 is 0 Å². The first-order valence-electron chi connectivity index (χ1n) is 8.08. The quantitative estimate of drug-likeness (QED) is 0.285. The van der Waals surface area contributed by atoms with Gasteiger partial charge < -0.3 is 4.74 Å². The zero-order valence-corrected chi connectivity index (χ0v) is 14.4. The number of benzene rings is 3. The topological polar surface area (TPSA) is 69.4 Å². The van der Waals surface area contributed by atoms with Crippen LogP contribution in [0.5, 0.6) is 5.75 Å². The molecule has 3 rings (SSSR count). The zero-order valence-electron chi connectivity index (χ0n) is 14.4. The molecule has 130 valence electrons. The van der Waals surface area contributed by atoms with Crippen molar-refractivity contribution in [2.45, 2.75) is 13.8 Å². The predicted molar refractivity (Wildman–Crippen MR) is 99.4 cm³/mol. The second kappa shape index (κ2) is 7.19. The van der Waals surface area contributed by atoms with E-state index in [-0.39, 0.29) is 11.3 Å². The van der Waals surface area contributed by atoms with E-state index < -0.39 is 10.9 Å².